The number of halogens is 2. The van der Waals surface area contributed by atoms with Crippen molar-refractivity contribution in [1.29, 1.82) is 5.26 Å². The SMILES string of the molecule is COc1ccc(F)cc1[C@@H](N)CC#N.Cl. The predicted octanol–water partition coefficient (Wildman–Crippen LogP) is 2.17. The normalized spacial score (nSPS) is 11.1. The highest BCUT2D eigenvalue weighted by atomic mass is 35.5. The molecule has 0 aliphatic rings. The summed E-state index contributed by atoms with van der Waals surface area (Å²) in [6.07, 6.45) is 0.139. The fourth-order valence-corrected chi connectivity index (χ4v) is 1.20. The van der Waals surface area contributed by atoms with Crippen molar-refractivity contribution in [1.82, 2.24) is 0 Å². The molecule has 1 aromatic rings. The smallest absolute Gasteiger partial charge is 0.123 e. The van der Waals surface area contributed by atoms with Crippen LogP contribution in [-0.2, 0) is 0 Å². The van der Waals surface area contributed by atoms with Crippen LogP contribution in [-0.4, -0.2) is 7.11 Å². The molecule has 0 radical (unpaired) electrons. The quantitative estimate of drug-likeness (QED) is 0.866. The van der Waals surface area contributed by atoms with Crippen LogP contribution >= 0.6 is 12.4 Å². The molecular weight excluding hydrogens is 219 g/mol. The summed E-state index contributed by atoms with van der Waals surface area (Å²) in [5, 5.41) is 8.47. The lowest BCUT2D eigenvalue weighted by atomic mass is 10.0. The van der Waals surface area contributed by atoms with E-state index in [1.807, 2.05) is 6.07 Å². The molecule has 0 aliphatic heterocycles. The van der Waals surface area contributed by atoms with Crippen molar-refractivity contribution in [3.05, 3.63) is 29.6 Å². The summed E-state index contributed by atoms with van der Waals surface area (Å²) in [6, 6.07) is 5.51. The van der Waals surface area contributed by atoms with Crippen LogP contribution in [0.1, 0.15) is 18.0 Å². The Labute approximate surface area is 94.1 Å². The van der Waals surface area contributed by atoms with Crippen molar-refractivity contribution in [3.8, 4) is 11.8 Å². The van der Waals surface area contributed by atoms with E-state index in [0.717, 1.165) is 0 Å². The number of ether oxygens (including phenoxy) is 1. The number of benzene rings is 1. The fourth-order valence-electron chi connectivity index (χ4n) is 1.20. The molecule has 0 aromatic heterocycles. The summed E-state index contributed by atoms with van der Waals surface area (Å²) in [6.45, 7) is 0. The Kier molecular flexibility index (Phi) is 5.68. The number of hydrogen-bond acceptors (Lipinski definition) is 3. The van der Waals surface area contributed by atoms with Gasteiger partial charge in [0.05, 0.1) is 19.6 Å². The van der Waals surface area contributed by atoms with Crippen LogP contribution in [0.15, 0.2) is 18.2 Å². The van der Waals surface area contributed by atoms with Gasteiger partial charge in [0.1, 0.15) is 11.6 Å². The zero-order valence-corrected chi connectivity index (χ0v) is 9.05. The molecular formula is C10H12ClFN2O. The third-order valence-electron chi connectivity index (χ3n) is 1.90. The molecule has 3 nitrogen and oxygen atoms in total. The zero-order chi connectivity index (χ0) is 10.6. The minimum Gasteiger partial charge on any atom is -0.496 e. The fraction of sp³-hybridized carbons (Fsp3) is 0.300. The molecule has 82 valence electrons. The van der Waals surface area contributed by atoms with Gasteiger partial charge < -0.3 is 10.5 Å². The van der Waals surface area contributed by atoms with Gasteiger partial charge in [0, 0.05) is 11.6 Å². The molecule has 15 heavy (non-hydrogen) atoms. The number of nitrogens with zero attached hydrogens (tertiary/aromatic N) is 1. The Hall–Kier alpha value is -1.31. The molecule has 0 heterocycles. The summed E-state index contributed by atoms with van der Waals surface area (Å²) in [4.78, 5) is 0. The van der Waals surface area contributed by atoms with E-state index < -0.39 is 6.04 Å². The van der Waals surface area contributed by atoms with Gasteiger partial charge in [-0.25, -0.2) is 4.39 Å². The Morgan fingerprint density at radius 1 is 1.60 bits per heavy atom. The lowest BCUT2D eigenvalue weighted by Gasteiger charge is -2.12. The Morgan fingerprint density at radius 3 is 2.80 bits per heavy atom. The van der Waals surface area contributed by atoms with Crippen molar-refractivity contribution < 1.29 is 9.13 Å². The molecule has 0 spiro atoms. The monoisotopic (exact) mass is 230 g/mol. The maximum atomic E-state index is 12.9. The van der Waals surface area contributed by atoms with Crippen molar-refractivity contribution in [2.75, 3.05) is 7.11 Å². The van der Waals surface area contributed by atoms with Crippen molar-refractivity contribution in [2.45, 2.75) is 12.5 Å². The average Bonchev–Trinajstić information content (AvgIpc) is 2.18. The van der Waals surface area contributed by atoms with Crippen LogP contribution in [0.25, 0.3) is 0 Å². The van der Waals surface area contributed by atoms with Crippen LogP contribution in [0.4, 0.5) is 4.39 Å². The van der Waals surface area contributed by atoms with Gasteiger partial charge in [0.2, 0.25) is 0 Å². The number of hydrogen-bond donors (Lipinski definition) is 1. The average molecular weight is 231 g/mol. The van der Waals surface area contributed by atoms with Crippen LogP contribution < -0.4 is 10.5 Å². The maximum absolute atomic E-state index is 12.9. The maximum Gasteiger partial charge on any atom is 0.123 e. The lowest BCUT2D eigenvalue weighted by molar-refractivity contribution is 0.404. The Balaban J connectivity index is 0.00000196. The molecule has 1 aromatic carbocycles. The molecule has 0 saturated heterocycles. The summed E-state index contributed by atoms with van der Waals surface area (Å²) in [7, 11) is 1.48. The second kappa shape index (κ2) is 6.23. The minimum atomic E-state index is -0.509. The van der Waals surface area contributed by atoms with Gasteiger partial charge in [-0.15, -0.1) is 12.4 Å². The Bertz CT molecular complexity index is 365. The Morgan fingerprint density at radius 2 is 2.27 bits per heavy atom. The van der Waals surface area contributed by atoms with Crippen molar-refractivity contribution in [3.63, 3.8) is 0 Å². The van der Waals surface area contributed by atoms with Crippen LogP contribution in [0.2, 0.25) is 0 Å². The molecule has 2 N–H and O–H groups in total. The molecule has 0 fully saturated rings. The van der Waals surface area contributed by atoms with E-state index in [4.69, 9.17) is 15.7 Å². The third kappa shape index (κ3) is 3.39. The topological polar surface area (TPSA) is 59.0 Å². The van der Waals surface area contributed by atoms with Gasteiger partial charge in [0.15, 0.2) is 0 Å². The molecule has 0 aliphatic carbocycles. The standard InChI is InChI=1S/C10H11FN2O.ClH/c1-14-10-3-2-7(11)6-8(10)9(13)4-5-12;/h2-3,6,9H,4,13H2,1H3;1H/t9-;/m0./s1. The van der Waals surface area contributed by atoms with Gasteiger partial charge in [-0.05, 0) is 18.2 Å². The largest absolute Gasteiger partial charge is 0.496 e. The van der Waals surface area contributed by atoms with E-state index in [9.17, 15) is 4.39 Å². The van der Waals surface area contributed by atoms with Gasteiger partial charge >= 0.3 is 0 Å². The lowest BCUT2D eigenvalue weighted by Crippen LogP contribution is -2.11. The van der Waals surface area contributed by atoms with Gasteiger partial charge in [-0.2, -0.15) is 5.26 Å². The molecule has 1 atom stereocenters. The summed E-state index contributed by atoms with van der Waals surface area (Å²) < 4.78 is 17.9. The van der Waals surface area contributed by atoms with Crippen LogP contribution in [0, 0.1) is 17.1 Å². The first-order valence-electron chi connectivity index (χ1n) is 4.15. The molecule has 0 amide bonds. The van der Waals surface area contributed by atoms with Gasteiger partial charge in [-0.3, -0.25) is 0 Å². The second-order valence-electron chi connectivity index (χ2n) is 2.86. The number of nitrogens with two attached hydrogens (primary N) is 1. The van der Waals surface area contributed by atoms with E-state index in [0.29, 0.717) is 11.3 Å². The molecule has 0 saturated carbocycles. The van der Waals surface area contributed by atoms with Crippen molar-refractivity contribution in [2.24, 2.45) is 5.73 Å². The van der Waals surface area contributed by atoms with E-state index in [-0.39, 0.29) is 24.6 Å². The highest BCUT2D eigenvalue weighted by Gasteiger charge is 2.12. The molecule has 0 bridgehead atoms. The highest BCUT2D eigenvalue weighted by molar-refractivity contribution is 5.85. The van der Waals surface area contributed by atoms with Gasteiger partial charge in [-0.1, -0.05) is 0 Å². The molecule has 5 heteroatoms. The third-order valence-corrected chi connectivity index (χ3v) is 1.90. The van der Waals surface area contributed by atoms with Crippen molar-refractivity contribution >= 4 is 12.4 Å². The summed E-state index contributed by atoms with van der Waals surface area (Å²) >= 11 is 0. The first-order valence-corrected chi connectivity index (χ1v) is 4.15. The number of rotatable bonds is 3. The number of nitriles is 1. The number of methoxy groups -OCH3 is 1. The summed E-state index contributed by atoms with van der Waals surface area (Å²) in [5.41, 5.74) is 6.20. The first kappa shape index (κ1) is 13.7. The highest BCUT2D eigenvalue weighted by Crippen LogP contribution is 2.25. The summed E-state index contributed by atoms with van der Waals surface area (Å²) in [5.74, 6) is 0.128. The molecule has 1 rings (SSSR count). The van der Waals surface area contributed by atoms with E-state index in [2.05, 4.69) is 0 Å². The van der Waals surface area contributed by atoms with Crippen LogP contribution in [0.5, 0.6) is 5.75 Å². The predicted molar refractivity (Wildman–Crippen MR) is 57.4 cm³/mol. The second-order valence-corrected chi connectivity index (χ2v) is 2.86. The van der Waals surface area contributed by atoms with E-state index in [1.54, 1.807) is 0 Å². The minimum absolute atomic E-state index is 0. The van der Waals surface area contributed by atoms with Crippen LogP contribution in [0.3, 0.4) is 0 Å². The zero-order valence-electron chi connectivity index (χ0n) is 8.24. The van der Waals surface area contributed by atoms with E-state index >= 15 is 0 Å². The van der Waals surface area contributed by atoms with Gasteiger partial charge in [0.25, 0.3) is 0 Å². The van der Waals surface area contributed by atoms with E-state index in [1.165, 1.54) is 25.3 Å². The first-order chi connectivity index (χ1) is 6.69. The molecule has 0 unspecified atom stereocenters.